The van der Waals surface area contributed by atoms with Crippen molar-refractivity contribution in [3.63, 3.8) is 0 Å². The Balaban J connectivity index is 0.000000450. The van der Waals surface area contributed by atoms with Gasteiger partial charge in [-0.3, -0.25) is 0 Å². The monoisotopic (exact) mass is 371 g/mol. The molecule has 0 atom stereocenters. The molecule has 1 fully saturated rings. The molecule has 3 N–H and O–H groups in total. The number of benzene rings is 1. The summed E-state index contributed by atoms with van der Waals surface area (Å²) in [5, 5.41) is 19.2. The van der Waals surface area contributed by atoms with Crippen LogP contribution in [0.15, 0.2) is 24.3 Å². The van der Waals surface area contributed by atoms with Gasteiger partial charge in [0, 0.05) is 11.1 Å². The maximum Gasteiger partial charge on any atom is 0.414 e. The summed E-state index contributed by atoms with van der Waals surface area (Å²) in [4.78, 5) is 18.2. The van der Waals surface area contributed by atoms with Crippen LogP contribution in [0, 0.1) is 0 Å². The molecular formula is C18H26ClNO5. The van der Waals surface area contributed by atoms with Crippen molar-refractivity contribution in [2.75, 3.05) is 13.2 Å². The Morgan fingerprint density at radius 2 is 1.64 bits per heavy atom. The molecule has 2 rings (SSSR count). The first kappa shape index (κ1) is 21.3. The third kappa shape index (κ3) is 10.6. The minimum atomic E-state index is -1.82. The third-order valence-electron chi connectivity index (χ3n) is 3.87. The van der Waals surface area contributed by atoms with Gasteiger partial charge in [-0.15, -0.1) is 0 Å². The second-order valence-corrected chi connectivity index (χ2v) is 6.35. The molecule has 0 unspecified atom stereocenters. The van der Waals surface area contributed by atoms with Crippen LogP contribution in [0.2, 0.25) is 5.02 Å². The summed E-state index contributed by atoms with van der Waals surface area (Å²) in [6, 6.07) is 8.33. The van der Waals surface area contributed by atoms with Crippen LogP contribution in [0.1, 0.15) is 44.9 Å². The van der Waals surface area contributed by atoms with E-state index in [0.717, 1.165) is 36.4 Å². The van der Waals surface area contributed by atoms with Gasteiger partial charge >= 0.3 is 11.9 Å². The Morgan fingerprint density at radius 1 is 1.04 bits per heavy atom. The summed E-state index contributed by atoms with van der Waals surface area (Å²) in [7, 11) is 0. The van der Waals surface area contributed by atoms with Gasteiger partial charge in [-0.25, -0.2) is 9.59 Å². The minimum absolute atomic E-state index is 0.754. The summed E-state index contributed by atoms with van der Waals surface area (Å²) < 4.78 is 5.67. The number of ether oxygens (including phenoxy) is 1. The molecule has 0 radical (unpaired) electrons. The molecular weight excluding hydrogens is 346 g/mol. The first-order valence-electron chi connectivity index (χ1n) is 8.57. The predicted octanol–water partition coefficient (Wildman–Crippen LogP) is 3.58. The van der Waals surface area contributed by atoms with Gasteiger partial charge in [0.2, 0.25) is 0 Å². The predicted molar refractivity (Wildman–Crippen MR) is 96.3 cm³/mol. The first-order valence-corrected chi connectivity index (χ1v) is 8.95. The smallest absolute Gasteiger partial charge is 0.414 e. The number of halogens is 1. The van der Waals surface area contributed by atoms with Crippen LogP contribution in [-0.4, -0.2) is 41.3 Å². The summed E-state index contributed by atoms with van der Waals surface area (Å²) >= 11 is 5.82. The Kier molecular flexibility index (Phi) is 10.7. The van der Waals surface area contributed by atoms with E-state index in [1.807, 2.05) is 24.3 Å². The van der Waals surface area contributed by atoms with Crippen LogP contribution >= 0.6 is 11.6 Å². The molecule has 0 aromatic heterocycles. The number of carboxylic acid groups (broad SMARTS) is 2. The van der Waals surface area contributed by atoms with E-state index in [0.29, 0.717) is 0 Å². The highest BCUT2D eigenvalue weighted by Gasteiger charge is 2.11. The molecule has 1 aliphatic carbocycles. The van der Waals surface area contributed by atoms with Crippen molar-refractivity contribution >= 4 is 23.5 Å². The molecule has 0 aliphatic heterocycles. The minimum Gasteiger partial charge on any atom is -0.494 e. The molecule has 1 aromatic rings. The average Bonchev–Trinajstić information content (AvgIpc) is 2.61. The number of carboxylic acids is 2. The van der Waals surface area contributed by atoms with Crippen molar-refractivity contribution < 1.29 is 24.5 Å². The number of rotatable bonds is 7. The van der Waals surface area contributed by atoms with Crippen molar-refractivity contribution in [3.8, 4) is 5.75 Å². The molecule has 1 aromatic carbocycles. The van der Waals surface area contributed by atoms with Gasteiger partial charge in [0.25, 0.3) is 0 Å². The Labute approximate surface area is 153 Å². The van der Waals surface area contributed by atoms with E-state index in [9.17, 15) is 0 Å². The lowest BCUT2D eigenvalue weighted by molar-refractivity contribution is -0.159. The van der Waals surface area contributed by atoms with Gasteiger partial charge < -0.3 is 20.3 Å². The van der Waals surface area contributed by atoms with E-state index in [4.69, 9.17) is 36.1 Å². The maximum atomic E-state index is 9.10. The molecule has 7 heteroatoms. The topological polar surface area (TPSA) is 95.9 Å². The lowest BCUT2D eigenvalue weighted by Crippen LogP contribution is -2.31. The standard InChI is InChI=1S/C16H24ClNO.C2H2O4/c17-14-8-10-16(11-9-14)19-13-5-4-12-18-15-6-2-1-3-7-15;3-1(4)2(5)6/h8-11,15,18H,1-7,12-13H2;(H,3,4)(H,5,6). The Morgan fingerprint density at radius 3 is 2.20 bits per heavy atom. The van der Waals surface area contributed by atoms with Crippen molar-refractivity contribution in [1.82, 2.24) is 5.32 Å². The number of carbonyl (C=O) groups is 2. The van der Waals surface area contributed by atoms with Gasteiger partial charge in [-0.1, -0.05) is 30.9 Å². The highest BCUT2D eigenvalue weighted by Crippen LogP contribution is 2.17. The maximum absolute atomic E-state index is 9.10. The van der Waals surface area contributed by atoms with Gasteiger partial charge in [0.1, 0.15) is 5.75 Å². The molecule has 0 amide bonds. The van der Waals surface area contributed by atoms with E-state index in [1.54, 1.807) is 0 Å². The number of hydrogen-bond acceptors (Lipinski definition) is 4. The molecule has 0 heterocycles. The van der Waals surface area contributed by atoms with Crippen molar-refractivity contribution in [2.24, 2.45) is 0 Å². The molecule has 25 heavy (non-hydrogen) atoms. The van der Waals surface area contributed by atoms with Crippen LogP contribution in [-0.2, 0) is 9.59 Å². The van der Waals surface area contributed by atoms with Crippen molar-refractivity contribution in [2.45, 2.75) is 51.0 Å². The fourth-order valence-electron chi connectivity index (χ4n) is 2.56. The zero-order valence-corrected chi connectivity index (χ0v) is 15.0. The van der Waals surface area contributed by atoms with Crippen LogP contribution in [0.4, 0.5) is 0 Å². The van der Waals surface area contributed by atoms with Gasteiger partial charge in [0.15, 0.2) is 0 Å². The van der Waals surface area contributed by atoms with E-state index in [-0.39, 0.29) is 0 Å². The number of hydrogen-bond donors (Lipinski definition) is 3. The van der Waals surface area contributed by atoms with E-state index >= 15 is 0 Å². The molecule has 140 valence electrons. The molecule has 6 nitrogen and oxygen atoms in total. The largest absolute Gasteiger partial charge is 0.494 e. The van der Waals surface area contributed by atoms with Gasteiger partial charge in [-0.2, -0.15) is 0 Å². The number of nitrogens with one attached hydrogen (secondary N) is 1. The molecule has 0 saturated heterocycles. The fourth-order valence-corrected chi connectivity index (χ4v) is 2.69. The van der Waals surface area contributed by atoms with Crippen molar-refractivity contribution in [1.29, 1.82) is 0 Å². The van der Waals surface area contributed by atoms with Crippen LogP contribution < -0.4 is 10.1 Å². The second-order valence-electron chi connectivity index (χ2n) is 5.91. The zero-order chi connectivity index (χ0) is 18.5. The third-order valence-corrected chi connectivity index (χ3v) is 4.13. The lowest BCUT2D eigenvalue weighted by Gasteiger charge is -2.22. The van der Waals surface area contributed by atoms with Crippen molar-refractivity contribution in [3.05, 3.63) is 29.3 Å². The first-order chi connectivity index (χ1) is 12.0. The summed E-state index contributed by atoms with van der Waals surface area (Å²) in [5.74, 6) is -2.74. The Bertz CT molecular complexity index is 503. The molecule has 1 saturated carbocycles. The Hall–Kier alpha value is -1.79. The highest BCUT2D eigenvalue weighted by atomic mass is 35.5. The quantitative estimate of drug-likeness (QED) is 0.501. The van der Waals surface area contributed by atoms with Gasteiger partial charge in [0.05, 0.1) is 6.61 Å². The van der Waals surface area contributed by atoms with Crippen LogP contribution in [0.25, 0.3) is 0 Å². The molecule has 0 bridgehead atoms. The summed E-state index contributed by atoms with van der Waals surface area (Å²) in [6.45, 7) is 1.91. The van der Waals surface area contributed by atoms with E-state index < -0.39 is 11.9 Å². The lowest BCUT2D eigenvalue weighted by atomic mass is 9.95. The SMILES string of the molecule is Clc1ccc(OCCCCNC2CCCCC2)cc1.O=C(O)C(=O)O. The van der Waals surface area contributed by atoms with E-state index in [2.05, 4.69) is 5.32 Å². The summed E-state index contributed by atoms with van der Waals surface area (Å²) in [5.41, 5.74) is 0. The van der Waals surface area contributed by atoms with Crippen LogP contribution in [0.3, 0.4) is 0 Å². The fraction of sp³-hybridized carbons (Fsp3) is 0.556. The molecule has 0 spiro atoms. The van der Waals surface area contributed by atoms with Crippen LogP contribution in [0.5, 0.6) is 5.75 Å². The summed E-state index contributed by atoms with van der Waals surface area (Å²) in [6.07, 6.45) is 9.23. The number of unbranched alkanes of at least 4 members (excludes halogenated alkanes) is 1. The van der Waals surface area contributed by atoms with Gasteiger partial charge in [-0.05, 0) is 56.5 Å². The molecule has 1 aliphatic rings. The highest BCUT2D eigenvalue weighted by molar-refractivity contribution is 6.30. The average molecular weight is 372 g/mol. The normalized spacial score (nSPS) is 14.3. The zero-order valence-electron chi connectivity index (χ0n) is 14.2. The second kappa shape index (κ2) is 12.6. The number of aliphatic carboxylic acids is 2. The van der Waals surface area contributed by atoms with E-state index in [1.165, 1.54) is 38.5 Å².